The van der Waals surface area contributed by atoms with Crippen LogP contribution in [0.15, 0.2) is 36.4 Å². The van der Waals surface area contributed by atoms with Crippen LogP contribution in [-0.2, 0) is 21.4 Å². The number of ether oxygens (including phenoxy) is 3. The Balaban J connectivity index is 1.41. The predicted octanol–water partition coefficient (Wildman–Crippen LogP) is 2.10. The van der Waals surface area contributed by atoms with E-state index in [1.807, 2.05) is 30.3 Å². The molecule has 7 nitrogen and oxygen atoms in total. The molecule has 1 atom stereocenters. The number of benzene rings is 2. The quantitative estimate of drug-likeness (QED) is 0.800. The number of carbonyl (C=O) groups excluding carboxylic acids is 2. The summed E-state index contributed by atoms with van der Waals surface area (Å²) in [6.45, 7) is 2.78. The van der Waals surface area contributed by atoms with Crippen molar-refractivity contribution in [3.63, 3.8) is 0 Å². The minimum atomic E-state index is -0.838. The van der Waals surface area contributed by atoms with Gasteiger partial charge in [0.25, 0.3) is 0 Å². The van der Waals surface area contributed by atoms with E-state index in [-0.39, 0.29) is 18.6 Å². The first-order valence-corrected chi connectivity index (χ1v) is 9.95. The summed E-state index contributed by atoms with van der Waals surface area (Å²) in [7, 11) is 0. The molecule has 0 radical (unpaired) electrons. The Morgan fingerprint density at radius 3 is 2.69 bits per heavy atom. The molecule has 4 aliphatic heterocycles. The van der Waals surface area contributed by atoms with E-state index in [9.17, 15) is 9.59 Å². The van der Waals surface area contributed by atoms with Crippen molar-refractivity contribution in [1.82, 2.24) is 4.90 Å². The number of cyclic esters (lactones) is 1. The molecule has 6 rings (SSSR count). The van der Waals surface area contributed by atoms with E-state index < -0.39 is 5.41 Å². The highest BCUT2D eigenvalue weighted by Crippen LogP contribution is 2.53. The van der Waals surface area contributed by atoms with Gasteiger partial charge in [-0.25, -0.2) is 4.79 Å². The summed E-state index contributed by atoms with van der Waals surface area (Å²) in [5.41, 5.74) is 3.05. The van der Waals surface area contributed by atoms with E-state index in [0.717, 1.165) is 40.3 Å². The normalized spacial score (nSPS) is 23.7. The monoisotopic (exact) mass is 392 g/mol. The highest BCUT2D eigenvalue weighted by atomic mass is 16.6. The van der Waals surface area contributed by atoms with Gasteiger partial charge in [0, 0.05) is 36.8 Å². The molecule has 1 fully saturated rings. The number of rotatable bonds is 3. The number of nitrogens with zero attached hydrogens (tertiary/aromatic N) is 2. The standard InChI is InChI=1S/C22H20N2O5/c25-20-22(13-29-19-12-18-14(5-9-27-18)11-16(19)22)15-3-1-2-4-17(15)24(20)7-6-23-8-10-28-21(23)26/h1-4,11-12H,5-10,13H2. The number of para-hydroxylation sites is 1. The van der Waals surface area contributed by atoms with Gasteiger partial charge in [-0.05, 0) is 23.3 Å². The fourth-order valence-corrected chi connectivity index (χ4v) is 4.92. The fraction of sp³-hybridized carbons (Fsp3) is 0.364. The van der Waals surface area contributed by atoms with Crippen LogP contribution >= 0.6 is 0 Å². The van der Waals surface area contributed by atoms with Crippen LogP contribution < -0.4 is 14.4 Å². The van der Waals surface area contributed by atoms with Crippen LogP contribution in [-0.4, -0.2) is 56.4 Å². The highest BCUT2D eigenvalue weighted by molar-refractivity contribution is 6.11. The maximum Gasteiger partial charge on any atom is 0.410 e. The van der Waals surface area contributed by atoms with Crippen LogP contribution in [0, 0.1) is 0 Å². The lowest BCUT2D eigenvalue weighted by Gasteiger charge is -2.24. The third-order valence-corrected chi connectivity index (χ3v) is 6.40. The Morgan fingerprint density at radius 1 is 0.931 bits per heavy atom. The van der Waals surface area contributed by atoms with E-state index in [2.05, 4.69) is 6.07 Å². The van der Waals surface area contributed by atoms with Gasteiger partial charge in [0.1, 0.15) is 30.1 Å². The smallest absolute Gasteiger partial charge is 0.410 e. The van der Waals surface area contributed by atoms with Gasteiger partial charge in [-0.15, -0.1) is 0 Å². The predicted molar refractivity (Wildman–Crippen MR) is 104 cm³/mol. The zero-order valence-corrected chi connectivity index (χ0v) is 15.8. The molecule has 1 saturated heterocycles. The van der Waals surface area contributed by atoms with Crippen molar-refractivity contribution in [2.45, 2.75) is 11.8 Å². The zero-order valence-electron chi connectivity index (χ0n) is 15.8. The summed E-state index contributed by atoms with van der Waals surface area (Å²) < 4.78 is 16.7. The number of hydrogen-bond acceptors (Lipinski definition) is 5. The molecular formula is C22H20N2O5. The van der Waals surface area contributed by atoms with E-state index in [0.29, 0.717) is 32.8 Å². The average Bonchev–Trinajstić information content (AvgIpc) is 3.48. The Bertz CT molecular complexity index is 1050. The van der Waals surface area contributed by atoms with Crippen molar-refractivity contribution < 1.29 is 23.8 Å². The average molecular weight is 392 g/mol. The van der Waals surface area contributed by atoms with E-state index >= 15 is 0 Å². The first-order chi connectivity index (χ1) is 14.2. The van der Waals surface area contributed by atoms with E-state index in [4.69, 9.17) is 14.2 Å². The first-order valence-electron chi connectivity index (χ1n) is 9.95. The van der Waals surface area contributed by atoms with Gasteiger partial charge in [-0.1, -0.05) is 18.2 Å². The number of hydrogen-bond donors (Lipinski definition) is 0. The summed E-state index contributed by atoms with van der Waals surface area (Å²) in [6, 6.07) is 11.9. The van der Waals surface area contributed by atoms with Crippen molar-refractivity contribution in [1.29, 1.82) is 0 Å². The van der Waals surface area contributed by atoms with Crippen LogP contribution in [0.25, 0.3) is 0 Å². The minimum Gasteiger partial charge on any atom is -0.493 e. The Labute approximate surface area is 167 Å². The van der Waals surface area contributed by atoms with E-state index in [1.165, 1.54) is 0 Å². The van der Waals surface area contributed by atoms with Crippen molar-refractivity contribution in [3.8, 4) is 11.5 Å². The van der Waals surface area contributed by atoms with Crippen LogP contribution in [0.1, 0.15) is 16.7 Å². The molecule has 2 amide bonds. The molecular weight excluding hydrogens is 372 g/mol. The molecule has 2 aromatic carbocycles. The second-order valence-corrected chi connectivity index (χ2v) is 7.82. The molecule has 7 heteroatoms. The van der Waals surface area contributed by atoms with Crippen molar-refractivity contribution in [2.75, 3.05) is 44.4 Å². The van der Waals surface area contributed by atoms with Gasteiger partial charge in [0.05, 0.1) is 13.2 Å². The third kappa shape index (κ3) is 2.18. The SMILES string of the molecule is O=C1OCCN1CCN1C(=O)C2(COc3cc4c(cc32)CCO4)c2ccccc21. The van der Waals surface area contributed by atoms with Gasteiger partial charge >= 0.3 is 6.09 Å². The first kappa shape index (κ1) is 16.7. The van der Waals surface area contributed by atoms with Gasteiger partial charge < -0.3 is 24.0 Å². The molecule has 2 aromatic rings. The Kier molecular flexibility index (Phi) is 3.39. The Morgan fingerprint density at radius 2 is 1.83 bits per heavy atom. The summed E-state index contributed by atoms with van der Waals surface area (Å²) in [5, 5.41) is 0. The maximum atomic E-state index is 13.8. The topological polar surface area (TPSA) is 68.3 Å². The molecule has 0 saturated carbocycles. The van der Waals surface area contributed by atoms with E-state index in [1.54, 1.807) is 9.80 Å². The molecule has 4 aliphatic rings. The molecule has 0 bridgehead atoms. The molecule has 29 heavy (non-hydrogen) atoms. The molecule has 148 valence electrons. The largest absolute Gasteiger partial charge is 0.493 e. The van der Waals surface area contributed by atoms with Crippen LogP contribution in [0.5, 0.6) is 11.5 Å². The summed E-state index contributed by atoms with van der Waals surface area (Å²) in [5.74, 6) is 1.58. The lowest BCUT2D eigenvalue weighted by atomic mass is 9.76. The lowest BCUT2D eigenvalue weighted by molar-refractivity contribution is -0.122. The van der Waals surface area contributed by atoms with Crippen molar-refractivity contribution in [2.24, 2.45) is 0 Å². The summed E-state index contributed by atoms with van der Waals surface area (Å²) in [6.07, 6.45) is 0.528. The van der Waals surface area contributed by atoms with Gasteiger partial charge in [-0.3, -0.25) is 4.79 Å². The van der Waals surface area contributed by atoms with Gasteiger partial charge in [-0.2, -0.15) is 0 Å². The second-order valence-electron chi connectivity index (χ2n) is 7.82. The Hall–Kier alpha value is -3.22. The molecule has 0 aliphatic carbocycles. The summed E-state index contributed by atoms with van der Waals surface area (Å²) in [4.78, 5) is 29.0. The minimum absolute atomic E-state index is 0.00359. The van der Waals surface area contributed by atoms with Crippen LogP contribution in [0.2, 0.25) is 0 Å². The maximum absolute atomic E-state index is 13.8. The number of carbonyl (C=O) groups is 2. The third-order valence-electron chi connectivity index (χ3n) is 6.40. The van der Waals surface area contributed by atoms with Crippen molar-refractivity contribution in [3.05, 3.63) is 53.1 Å². The highest BCUT2D eigenvalue weighted by Gasteiger charge is 2.57. The molecule has 1 unspecified atom stereocenters. The molecule has 4 heterocycles. The number of amides is 2. The lowest BCUT2D eigenvalue weighted by Crippen LogP contribution is -2.45. The van der Waals surface area contributed by atoms with Crippen LogP contribution in [0.3, 0.4) is 0 Å². The second kappa shape index (κ2) is 5.89. The number of fused-ring (bicyclic) bond motifs is 5. The molecule has 0 N–H and O–H groups in total. The van der Waals surface area contributed by atoms with Gasteiger partial charge in [0.15, 0.2) is 0 Å². The zero-order chi connectivity index (χ0) is 19.6. The van der Waals surface area contributed by atoms with Crippen LogP contribution in [0.4, 0.5) is 10.5 Å². The fourth-order valence-electron chi connectivity index (χ4n) is 4.92. The van der Waals surface area contributed by atoms with Gasteiger partial charge in [0.2, 0.25) is 5.91 Å². The number of anilines is 1. The molecule has 0 aromatic heterocycles. The molecule has 1 spiro atoms. The van der Waals surface area contributed by atoms with Crippen molar-refractivity contribution >= 4 is 17.7 Å². The summed E-state index contributed by atoms with van der Waals surface area (Å²) >= 11 is 0.